The van der Waals surface area contributed by atoms with Crippen LogP contribution < -0.4 is 29.6 Å². The van der Waals surface area contributed by atoms with Gasteiger partial charge in [-0.2, -0.15) is 31.1 Å². The third-order valence-electron chi connectivity index (χ3n) is 5.54. The minimum Gasteiger partial charge on any atom is -0.373 e. The molecule has 0 fully saturated rings. The Balaban J connectivity index is 0.000000692. The molecule has 38 heavy (non-hydrogen) atoms. The first-order valence-corrected chi connectivity index (χ1v) is 15.1. The maximum atomic E-state index is 12.1. The molecule has 1 aromatic carbocycles. The summed E-state index contributed by atoms with van der Waals surface area (Å²) in [5.74, 6) is 0.699. The van der Waals surface area contributed by atoms with Gasteiger partial charge in [0, 0.05) is 11.5 Å². The van der Waals surface area contributed by atoms with Gasteiger partial charge in [-0.05, 0) is 94.0 Å². The van der Waals surface area contributed by atoms with E-state index < -0.39 is 10.1 Å². The number of thiophene rings is 2. The van der Waals surface area contributed by atoms with E-state index in [0.717, 1.165) is 31.2 Å². The van der Waals surface area contributed by atoms with Crippen LogP contribution in [-0.4, -0.2) is 21.6 Å². The van der Waals surface area contributed by atoms with Gasteiger partial charge in [0.05, 0.1) is 11.5 Å². The van der Waals surface area contributed by atoms with Crippen LogP contribution in [0.25, 0.3) is 26.4 Å². The maximum absolute atomic E-state index is 12.1. The standard InChI is InChI=1S/C16H20O3S2.C9H13N3S.N3.Na/c1-3-14(10-15-8-9-20-12-15)11-19-21(17,18)16-6-4-13(2)5-7-16;1-2-8(6-11-12-10)5-9-3-4-13-7-9;1-3-2;/h4-9,12,14H,3,10-11H2,1-2H3;3-4,7-8H,2,5-6H2,1H3;;/q;;-1;+1. The number of hydrogen-bond donors (Lipinski definition) is 0. The first-order chi connectivity index (χ1) is 17.8. The summed E-state index contributed by atoms with van der Waals surface area (Å²) >= 11 is 3.37. The van der Waals surface area contributed by atoms with E-state index in [2.05, 4.69) is 52.1 Å². The van der Waals surface area contributed by atoms with Crippen molar-refractivity contribution in [1.29, 1.82) is 0 Å². The predicted molar refractivity (Wildman–Crippen MR) is 152 cm³/mol. The van der Waals surface area contributed by atoms with Crippen LogP contribution >= 0.6 is 22.7 Å². The fraction of sp³-hybridized carbons (Fsp3) is 0.440. The summed E-state index contributed by atoms with van der Waals surface area (Å²) in [4.78, 5) is 4.50. The third-order valence-corrected chi connectivity index (χ3v) is 8.30. The van der Waals surface area contributed by atoms with Crippen molar-refractivity contribution in [1.82, 2.24) is 0 Å². The Morgan fingerprint density at radius 3 is 1.82 bits per heavy atom. The zero-order valence-electron chi connectivity index (χ0n) is 22.3. The number of rotatable bonds is 12. The van der Waals surface area contributed by atoms with Gasteiger partial charge in [0.2, 0.25) is 0 Å². The Bertz CT molecular complexity index is 1190. The van der Waals surface area contributed by atoms with Crippen LogP contribution in [0.5, 0.6) is 0 Å². The van der Waals surface area contributed by atoms with E-state index in [1.807, 2.05) is 12.3 Å². The van der Waals surface area contributed by atoms with E-state index in [0.29, 0.717) is 12.5 Å². The second-order valence-electron chi connectivity index (χ2n) is 8.27. The molecule has 0 bridgehead atoms. The average molecular weight is 585 g/mol. The van der Waals surface area contributed by atoms with Crippen LogP contribution in [0.3, 0.4) is 0 Å². The van der Waals surface area contributed by atoms with Gasteiger partial charge in [-0.25, -0.2) is 0 Å². The van der Waals surface area contributed by atoms with Crippen LogP contribution in [0.1, 0.15) is 43.4 Å². The minimum atomic E-state index is -3.66. The van der Waals surface area contributed by atoms with Gasteiger partial charge in [0.15, 0.2) is 0 Å². The summed E-state index contributed by atoms with van der Waals surface area (Å²) in [5.41, 5.74) is 25.3. The van der Waals surface area contributed by atoms with Crippen molar-refractivity contribution in [3.63, 3.8) is 0 Å². The van der Waals surface area contributed by atoms with Gasteiger partial charge >= 0.3 is 29.6 Å². The Labute approximate surface area is 255 Å². The molecule has 9 nitrogen and oxygen atoms in total. The molecule has 0 aliphatic carbocycles. The summed E-state index contributed by atoms with van der Waals surface area (Å²) in [5, 5.41) is 12.0. The fourth-order valence-electron chi connectivity index (χ4n) is 3.25. The monoisotopic (exact) mass is 584 g/mol. The van der Waals surface area contributed by atoms with Gasteiger partial charge in [-0.3, -0.25) is 9.09 Å². The second kappa shape index (κ2) is 21.0. The van der Waals surface area contributed by atoms with E-state index in [1.54, 1.807) is 46.9 Å². The van der Waals surface area contributed by atoms with Gasteiger partial charge in [-0.1, -0.05) is 49.5 Å². The molecule has 2 aromatic heterocycles. The van der Waals surface area contributed by atoms with Crippen LogP contribution in [0.15, 0.2) is 67.9 Å². The number of nitrogens with zero attached hydrogens (tertiary/aromatic N) is 6. The quantitative estimate of drug-likeness (QED) is 0.0905. The first kappa shape index (κ1) is 36.1. The van der Waals surface area contributed by atoms with Gasteiger partial charge in [0.25, 0.3) is 10.1 Å². The molecule has 2 heterocycles. The molecule has 2 unspecified atom stereocenters. The third kappa shape index (κ3) is 14.9. The molecule has 3 aromatic rings. The summed E-state index contributed by atoms with van der Waals surface area (Å²) in [6.45, 7) is 6.94. The Hall–Kier alpha value is -1.85. The Morgan fingerprint density at radius 1 is 0.895 bits per heavy atom. The Morgan fingerprint density at radius 2 is 1.39 bits per heavy atom. The number of hydrogen-bond acceptors (Lipinski definition) is 6. The SMILES string of the molecule is CCC(CN=[N+]=[N-])Cc1ccsc1.CCC(COS(=O)(=O)c1ccc(C)cc1)Cc1ccsc1.[N-]=[N+]=[N-].[Na+]. The molecule has 0 saturated carbocycles. The summed E-state index contributed by atoms with van der Waals surface area (Å²) in [6.07, 6.45) is 3.83. The van der Waals surface area contributed by atoms with Crippen LogP contribution in [0.4, 0.5) is 0 Å². The first-order valence-electron chi connectivity index (χ1n) is 11.8. The van der Waals surface area contributed by atoms with Crippen molar-refractivity contribution in [2.24, 2.45) is 17.0 Å². The second-order valence-corrected chi connectivity index (χ2v) is 11.4. The van der Waals surface area contributed by atoms with Crippen molar-refractivity contribution < 1.29 is 42.2 Å². The molecule has 13 heteroatoms. The van der Waals surface area contributed by atoms with Gasteiger partial charge < -0.3 is 11.1 Å². The van der Waals surface area contributed by atoms with E-state index in [9.17, 15) is 8.42 Å². The molecule has 0 saturated heterocycles. The molecule has 0 aliphatic heterocycles. The number of aryl methyl sites for hydroxylation is 1. The average Bonchev–Trinajstić information content (AvgIpc) is 3.60. The van der Waals surface area contributed by atoms with E-state index in [1.165, 1.54) is 16.0 Å². The van der Waals surface area contributed by atoms with Crippen LogP contribution in [0.2, 0.25) is 0 Å². The summed E-state index contributed by atoms with van der Waals surface area (Å²) in [7, 11) is -3.66. The fourth-order valence-corrected chi connectivity index (χ4v) is 5.59. The van der Waals surface area contributed by atoms with E-state index in [4.69, 9.17) is 20.8 Å². The largest absolute Gasteiger partial charge is 1.00 e. The Kier molecular flexibility index (Phi) is 20.0. The van der Waals surface area contributed by atoms with Crippen LogP contribution in [0, 0.1) is 18.8 Å². The molecule has 0 N–H and O–H groups in total. The molecule has 2 atom stereocenters. The van der Waals surface area contributed by atoms with Gasteiger partial charge in [-0.15, -0.1) is 0 Å². The summed E-state index contributed by atoms with van der Waals surface area (Å²) < 4.78 is 29.5. The molecule has 0 amide bonds. The van der Waals surface area contributed by atoms with Crippen molar-refractivity contribution in [2.75, 3.05) is 13.2 Å². The predicted octanol–water partition coefficient (Wildman–Crippen LogP) is 5.53. The molecular formula is C25H33N6NaO3S3. The molecule has 0 spiro atoms. The molecule has 200 valence electrons. The topological polar surface area (TPSA) is 151 Å². The maximum Gasteiger partial charge on any atom is 1.00 e. The molecule has 0 aliphatic rings. The normalized spacial score (nSPS) is 11.7. The van der Waals surface area contributed by atoms with Gasteiger partial charge in [0.1, 0.15) is 0 Å². The smallest absolute Gasteiger partial charge is 0.373 e. The minimum absolute atomic E-state index is 0. The molecular weight excluding hydrogens is 552 g/mol. The van der Waals surface area contributed by atoms with Crippen LogP contribution in [-0.2, 0) is 27.1 Å². The number of azide groups is 1. The van der Waals surface area contributed by atoms with Crippen molar-refractivity contribution >= 4 is 32.8 Å². The van der Waals surface area contributed by atoms with Crippen molar-refractivity contribution in [3.05, 3.63) is 101 Å². The van der Waals surface area contributed by atoms with Crippen molar-refractivity contribution in [3.8, 4) is 0 Å². The molecule has 0 radical (unpaired) electrons. The zero-order valence-corrected chi connectivity index (χ0v) is 26.8. The van der Waals surface area contributed by atoms with E-state index in [-0.39, 0.29) is 47.0 Å². The number of benzene rings is 1. The zero-order chi connectivity index (χ0) is 27.5. The van der Waals surface area contributed by atoms with E-state index >= 15 is 0 Å². The summed E-state index contributed by atoms with van der Waals surface area (Å²) in [6, 6.07) is 10.9. The molecule has 3 rings (SSSR count). The van der Waals surface area contributed by atoms with Crippen molar-refractivity contribution in [2.45, 2.75) is 51.3 Å².